The average molecular weight is 370 g/mol. The number of anilines is 2. The van der Waals surface area contributed by atoms with Gasteiger partial charge in [0.05, 0.1) is 11.4 Å². The number of carbonyl (C=O) groups is 1. The Morgan fingerprint density at radius 1 is 1.12 bits per heavy atom. The van der Waals surface area contributed by atoms with Gasteiger partial charge in [-0.15, -0.1) is 11.3 Å². The number of hydrogen-bond acceptors (Lipinski definition) is 5. The van der Waals surface area contributed by atoms with Gasteiger partial charge in [0.15, 0.2) is 4.34 Å². The van der Waals surface area contributed by atoms with Gasteiger partial charge in [0, 0.05) is 36.4 Å². The molecule has 0 saturated heterocycles. The maximum atomic E-state index is 12.1. The number of carbonyl (C=O) groups excluding carboxylic acids is 1. The summed E-state index contributed by atoms with van der Waals surface area (Å²) in [5.74, 6) is 0.316. The molecule has 0 bridgehead atoms. The number of nitrogens with one attached hydrogen (secondary N) is 1. The van der Waals surface area contributed by atoms with E-state index in [4.69, 9.17) is 0 Å². The molecule has 0 unspecified atom stereocenters. The first-order valence-corrected chi connectivity index (χ1v) is 9.69. The average Bonchev–Trinajstić information content (AvgIpc) is 3.10. The Labute approximate surface area is 155 Å². The number of benzene rings is 2. The molecule has 6 heteroatoms. The molecule has 0 radical (unpaired) electrons. The van der Waals surface area contributed by atoms with Crippen LogP contribution >= 0.6 is 23.1 Å². The Kier molecular flexibility index (Phi) is 5.73. The zero-order valence-electron chi connectivity index (χ0n) is 14.1. The summed E-state index contributed by atoms with van der Waals surface area (Å²) in [6.45, 7) is 0. The summed E-state index contributed by atoms with van der Waals surface area (Å²) >= 11 is 3.02. The zero-order chi connectivity index (χ0) is 17.6. The van der Waals surface area contributed by atoms with Crippen LogP contribution < -0.4 is 10.2 Å². The Balaban J connectivity index is 1.53. The molecule has 0 saturated carbocycles. The lowest BCUT2D eigenvalue weighted by molar-refractivity contribution is -0.113. The van der Waals surface area contributed by atoms with E-state index in [1.807, 2.05) is 79.0 Å². The molecular weight excluding hydrogens is 350 g/mol. The lowest BCUT2D eigenvalue weighted by Crippen LogP contribution is -2.14. The van der Waals surface area contributed by atoms with Gasteiger partial charge in [-0.3, -0.25) is 4.79 Å². The second-order valence-electron chi connectivity index (χ2n) is 5.64. The minimum Gasteiger partial charge on any atom is -0.378 e. The first-order valence-electron chi connectivity index (χ1n) is 7.83. The quantitative estimate of drug-likeness (QED) is 0.645. The van der Waals surface area contributed by atoms with E-state index in [9.17, 15) is 4.79 Å². The van der Waals surface area contributed by atoms with Crippen molar-refractivity contribution in [3.63, 3.8) is 0 Å². The highest BCUT2D eigenvalue weighted by atomic mass is 32.2. The molecular formula is C19H19N3OS2. The number of thiazole rings is 1. The lowest BCUT2D eigenvalue weighted by atomic mass is 10.2. The Morgan fingerprint density at radius 3 is 2.52 bits per heavy atom. The Morgan fingerprint density at radius 2 is 1.84 bits per heavy atom. The van der Waals surface area contributed by atoms with Crippen LogP contribution in [0.25, 0.3) is 11.3 Å². The van der Waals surface area contributed by atoms with Gasteiger partial charge in [-0.1, -0.05) is 42.1 Å². The zero-order valence-corrected chi connectivity index (χ0v) is 15.7. The summed E-state index contributed by atoms with van der Waals surface area (Å²) in [4.78, 5) is 18.7. The summed E-state index contributed by atoms with van der Waals surface area (Å²) in [6, 6.07) is 17.8. The van der Waals surface area contributed by atoms with E-state index in [1.54, 1.807) is 11.3 Å². The molecule has 3 rings (SSSR count). The van der Waals surface area contributed by atoms with Gasteiger partial charge in [0.25, 0.3) is 0 Å². The number of amides is 1. The number of rotatable bonds is 6. The number of aromatic nitrogens is 1. The standard InChI is InChI=1S/C19H19N3OS2/c1-22(2)16-10-8-15(9-11-16)20-18(23)13-25-19-21-17(12-24-19)14-6-4-3-5-7-14/h3-12H,13H2,1-2H3,(H,20,23). The molecule has 0 atom stereocenters. The monoisotopic (exact) mass is 369 g/mol. The normalized spacial score (nSPS) is 10.5. The van der Waals surface area contributed by atoms with Crippen molar-refractivity contribution in [3.8, 4) is 11.3 Å². The van der Waals surface area contributed by atoms with E-state index in [1.165, 1.54) is 11.8 Å². The summed E-state index contributed by atoms with van der Waals surface area (Å²) in [5, 5.41) is 4.94. The molecule has 4 nitrogen and oxygen atoms in total. The second-order valence-corrected chi connectivity index (χ2v) is 7.72. The number of hydrogen-bond donors (Lipinski definition) is 1. The maximum absolute atomic E-state index is 12.1. The highest BCUT2D eigenvalue weighted by Gasteiger charge is 2.08. The Bertz CT molecular complexity index is 829. The predicted octanol–water partition coefficient (Wildman–Crippen LogP) is 4.61. The molecule has 0 aliphatic carbocycles. The first-order chi connectivity index (χ1) is 12.1. The predicted molar refractivity (Wildman–Crippen MR) is 108 cm³/mol. The van der Waals surface area contributed by atoms with E-state index in [2.05, 4.69) is 10.3 Å². The van der Waals surface area contributed by atoms with E-state index in [0.717, 1.165) is 27.0 Å². The molecule has 0 fully saturated rings. The van der Waals surface area contributed by atoms with E-state index in [0.29, 0.717) is 5.75 Å². The van der Waals surface area contributed by atoms with Crippen LogP contribution in [0, 0.1) is 0 Å². The fourth-order valence-corrected chi connectivity index (χ4v) is 3.87. The van der Waals surface area contributed by atoms with Gasteiger partial charge in [-0.2, -0.15) is 0 Å². The van der Waals surface area contributed by atoms with E-state index in [-0.39, 0.29) is 5.91 Å². The van der Waals surface area contributed by atoms with Gasteiger partial charge in [-0.25, -0.2) is 4.98 Å². The van der Waals surface area contributed by atoms with Gasteiger partial charge >= 0.3 is 0 Å². The second kappa shape index (κ2) is 8.18. The van der Waals surface area contributed by atoms with Crippen LogP contribution in [0.15, 0.2) is 64.3 Å². The van der Waals surface area contributed by atoms with Crippen molar-refractivity contribution in [2.45, 2.75) is 4.34 Å². The smallest absolute Gasteiger partial charge is 0.234 e. The first kappa shape index (κ1) is 17.5. The molecule has 2 aromatic carbocycles. The third-order valence-corrected chi connectivity index (χ3v) is 5.57. The van der Waals surface area contributed by atoms with Crippen molar-refractivity contribution in [2.24, 2.45) is 0 Å². The molecule has 1 heterocycles. The molecule has 0 aliphatic heterocycles. The molecule has 3 aromatic rings. The molecule has 1 N–H and O–H groups in total. The van der Waals surface area contributed by atoms with Crippen molar-refractivity contribution in [2.75, 3.05) is 30.1 Å². The van der Waals surface area contributed by atoms with Crippen LogP contribution in [0.4, 0.5) is 11.4 Å². The molecule has 0 aliphatic rings. The van der Waals surface area contributed by atoms with Crippen LogP contribution in [0.5, 0.6) is 0 Å². The summed E-state index contributed by atoms with van der Waals surface area (Å²) in [6.07, 6.45) is 0. The van der Waals surface area contributed by atoms with Gasteiger partial charge in [-0.05, 0) is 24.3 Å². The van der Waals surface area contributed by atoms with Crippen LogP contribution in [-0.4, -0.2) is 30.7 Å². The van der Waals surface area contributed by atoms with Gasteiger partial charge in [0.1, 0.15) is 0 Å². The topological polar surface area (TPSA) is 45.2 Å². The number of nitrogens with zero attached hydrogens (tertiary/aromatic N) is 2. The summed E-state index contributed by atoms with van der Waals surface area (Å²) < 4.78 is 0.900. The van der Waals surface area contributed by atoms with Crippen LogP contribution in [-0.2, 0) is 4.79 Å². The summed E-state index contributed by atoms with van der Waals surface area (Å²) in [5.41, 5.74) is 3.95. The highest BCUT2D eigenvalue weighted by molar-refractivity contribution is 8.01. The third-order valence-electron chi connectivity index (χ3n) is 3.55. The highest BCUT2D eigenvalue weighted by Crippen LogP contribution is 2.28. The third kappa shape index (κ3) is 4.84. The van der Waals surface area contributed by atoms with Gasteiger partial charge < -0.3 is 10.2 Å². The molecule has 0 spiro atoms. The maximum Gasteiger partial charge on any atom is 0.234 e. The van der Waals surface area contributed by atoms with Gasteiger partial charge in [0.2, 0.25) is 5.91 Å². The van der Waals surface area contributed by atoms with Crippen molar-refractivity contribution >= 4 is 40.4 Å². The minimum absolute atomic E-state index is 0.0286. The van der Waals surface area contributed by atoms with E-state index >= 15 is 0 Å². The fraction of sp³-hybridized carbons (Fsp3) is 0.158. The fourth-order valence-electron chi connectivity index (χ4n) is 2.23. The van der Waals surface area contributed by atoms with E-state index < -0.39 is 0 Å². The minimum atomic E-state index is -0.0286. The van der Waals surface area contributed by atoms with Crippen LogP contribution in [0.1, 0.15) is 0 Å². The molecule has 1 aromatic heterocycles. The largest absolute Gasteiger partial charge is 0.378 e. The molecule has 25 heavy (non-hydrogen) atoms. The van der Waals surface area contributed by atoms with Crippen molar-refractivity contribution in [1.29, 1.82) is 0 Å². The number of thioether (sulfide) groups is 1. The van der Waals surface area contributed by atoms with Crippen molar-refractivity contribution < 1.29 is 4.79 Å². The Hall–Kier alpha value is -2.31. The van der Waals surface area contributed by atoms with Crippen molar-refractivity contribution in [3.05, 3.63) is 60.0 Å². The van der Waals surface area contributed by atoms with Crippen LogP contribution in [0.3, 0.4) is 0 Å². The summed E-state index contributed by atoms with van der Waals surface area (Å²) in [7, 11) is 3.98. The van der Waals surface area contributed by atoms with Crippen LogP contribution in [0.2, 0.25) is 0 Å². The van der Waals surface area contributed by atoms with Crippen molar-refractivity contribution in [1.82, 2.24) is 4.98 Å². The molecule has 1 amide bonds. The lowest BCUT2D eigenvalue weighted by Gasteiger charge is -2.12. The molecule has 128 valence electrons. The SMILES string of the molecule is CN(C)c1ccc(NC(=O)CSc2nc(-c3ccccc3)cs2)cc1.